The van der Waals surface area contributed by atoms with Crippen LogP contribution in [0.25, 0.3) is 22.8 Å². The second-order valence-electron chi connectivity index (χ2n) is 7.55. The Bertz CT molecular complexity index is 1180. The zero-order valence-corrected chi connectivity index (χ0v) is 16.5. The Morgan fingerprint density at radius 3 is 2.60 bits per heavy atom. The van der Waals surface area contributed by atoms with Gasteiger partial charge in [0, 0.05) is 11.1 Å². The first kappa shape index (κ1) is 18.3. The van der Waals surface area contributed by atoms with Gasteiger partial charge in [-0.05, 0) is 42.5 Å². The number of anilines is 1. The Labute approximate surface area is 175 Å². The summed E-state index contributed by atoms with van der Waals surface area (Å²) in [5.74, 6) is 1.16. The van der Waals surface area contributed by atoms with Gasteiger partial charge in [-0.3, -0.25) is 9.89 Å². The van der Waals surface area contributed by atoms with Crippen molar-refractivity contribution in [3.63, 3.8) is 0 Å². The van der Waals surface area contributed by atoms with Gasteiger partial charge in [0.25, 0.3) is 0 Å². The van der Waals surface area contributed by atoms with Crippen molar-refractivity contribution in [3.05, 3.63) is 90.0 Å². The highest BCUT2D eigenvalue weighted by molar-refractivity contribution is 5.99. The molecule has 1 amide bonds. The molecule has 1 unspecified atom stereocenters. The average molecular weight is 394 g/mol. The van der Waals surface area contributed by atoms with E-state index in [9.17, 15) is 4.79 Å². The van der Waals surface area contributed by atoms with Gasteiger partial charge in [-0.2, -0.15) is 5.10 Å². The number of fused-ring (bicyclic) bond motifs is 1. The van der Waals surface area contributed by atoms with Gasteiger partial charge in [0.15, 0.2) is 11.6 Å². The maximum absolute atomic E-state index is 13.2. The van der Waals surface area contributed by atoms with Crippen molar-refractivity contribution in [2.75, 3.05) is 5.32 Å². The fourth-order valence-corrected chi connectivity index (χ4v) is 4.14. The fourth-order valence-electron chi connectivity index (χ4n) is 4.14. The number of hydrogen-bond acceptors (Lipinski definition) is 3. The molecule has 4 aromatic rings. The van der Waals surface area contributed by atoms with E-state index in [0.29, 0.717) is 11.6 Å². The van der Waals surface area contributed by atoms with Crippen LogP contribution in [0.5, 0.6) is 0 Å². The molecule has 0 bridgehead atoms. The zero-order chi connectivity index (χ0) is 20.3. The Kier molecular flexibility index (Phi) is 4.85. The summed E-state index contributed by atoms with van der Waals surface area (Å²) in [6.45, 7) is 0. The molecule has 5 heteroatoms. The Hall–Kier alpha value is -3.73. The lowest BCUT2D eigenvalue weighted by Crippen LogP contribution is -2.25. The molecule has 5 rings (SSSR count). The summed E-state index contributed by atoms with van der Waals surface area (Å²) in [5.41, 5.74) is 4.93. The van der Waals surface area contributed by atoms with Crippen LogP contribution in [0.2, 0.25) is 0 Å². The lowest BCUT2D eigenvalue weighted by atomic mass is 9.82. The summed E-state index contributed by atoms with van der Waals surface area (Å²) in [6, 6.07) is 25.8. The minimum absolute atomic E-state index is 0.0254. The molecule has 0 aliphatic heterocycles. The van der Waals surface area contributed by atoms with E-state index in [0.717, 1.165) is 41.6 Å². The topological polar surface area (TPSA) is 70.7 Å². The summed E-state index contributed by atoms with van der Waals surface area (Å²) < 4.78 is 0. The molecule has 1 heterocycles. The predicted octanol–water partition coefficient (Wildman–Crippen LogP) is 5.20. The standard InChI is InChI=1S/C25H22N4O/c30-25(20-15-8-12-17-9-4-5-13-19(17)20)26-22-16-7-6-14-21(22)24-27-23(28-29-24)18-10-2-1-3-11-18/h1-7,9-11,13-14,16,20H,8,12,15H2,(H,26,30)(H,27,28,29). The molecule has 30 heavy (non-hydrogen) atoms. The van der Waals surface area contributed by atoms with Crippen LogP contribution in [0.3, 0.4) is 0 Å². The highest BCUT2D eigenvalue weighted by Gasteiger charge is 2.26. The number of nitrogens with zero attached hydrogens (tertiary/aromatic N) is 2. The van der Waals surface area contributed by atoms with Gasteiger partial charge in [0.2, 0.25) is 5.91 Å². The maximum atomic E-state index is 13.2. The van der Waals surface area contributed by atoms with E-state index in [2.05, 4.69) is 32.6 Å². The molecule has 3 aromatic carbocycles. The SMILES string of the molecule is O=C(Nc1ccccc1-c1nc(-c2ccccc2)n[nH]1)C1CCCc2ccccc21. The number of carbonyl (C=O) groups is 1. The van der Waals surface area contributed by atoms with Gasteiger partial charge in [-0.25, -0.2) is 4.98 Å². The monoisotopic (exact) mass is 394 g/mol. The van der Waals surface area contributed by atoms with Crippen LogP contribution >= 0.6 is 0 Å². The van der Waals surface area contributed by atoms with E-state index in [1.165, 1.54) is 5.56 Å². The van der Waals surface area contributed by atoms with Crippen LogP contribution in [0.1, 0.15) is 29.9 Å². The van der Waals surface area contributed by atoms with Gasteiger partial charge < -0.3 is 5.32 Å². The van der Waals surface area contributed by atoms with E-state index >= 15 is 0 Å². The van der Waals surface area contributed by atoms with Crippen LogP contribution in [-0.2, 0) is 11.2 Å². The van der Waals surface area contributed by atoms with Crippen LogP contribution < -0.4 is 5.32 Å². The summed E-state index contributed by atoms with van der Waals surface area (Å²) in [4.78, 5) is 17.8. The van der Waals surface area contributed by atoms with Gasteiger partial charge >= 0.3 is 0 Å². The number of amides is 1. The maximum Gasteiger partial charge on any atom is 0.231 e. The smallest absolute Gasteiger partial charge is 0.231 e. The Morgan fingerprint density at radius 2 is 1.70 bits per heavy atom. The third-order valence-electron chi connectivity index (χ3n) is 5.64. The molecule has 5 nitrogen and oxygen atoms in total. The minimum Gasteiger partial charge on any atom is -0.325 e. The number of aryl methyl sites for hydroxylation is 1. The molecule has 148 valence electrons. The van der Waals surface area contributed by atoms with Gasteiger partial charge in [0.05, 0.1) is 11.6 Å². The quantitative estimate of drug-likeness (QED) is 0.500. The molecule has 1 aromatic heterocycles. The molecule has 0 radical (unpaired) electrons. The second-order valence-corrected chi connectivity index (χ2v) is 7.55. The van der Waals surface area contributed by atoms with Gasteiger partial charge in [-0.15, -0.1) is 0 Å². The number of aromatic nitrogens is 3. The van der Waals surface area contributed by atoms with E-state index in [1.54, 1.807) is 0 Å². The molecule has 0 saturated heterocycles. The first-order chi connectivity index (χ1) is 14.8. The fraction of sp³-hybridized carbons (Fsp3) is 0.160. The normalized spacial score (nSPS) is 15.4. The van der Waals surface area contributed by atoms with Gasteiger partial charge in [0.1, 0.15) is 0 Å². The molecular formula is C25H22N4O. The molecule has 1 atom stereocenters. The third kappa shape index (κ3) is 3.50. The first-order valence-corrected chi connectivity index (χ1v) is 10.3. The van der Waals surface area contributed by atoms with Crippen LogP contribution in [0.15, 0.2) is 78.9 Å². The largest absolute Gasteiger partial charge is 0.325 e. The Morgan fingerprint density at radius 1 is 0.933 bits per heavy atom. The lowest BCUT2D eigenvalue weighted by Gasteiger charge is -2.25. The van der Waals surface area contributed by atoms with Crippen molar-refractivity contribution >= 4 is 11.6 Å². The van der Waals surface area contributed by atoms with Gasteiger partial charge in [-0.1, -0.05) is 66.7 Å². The highest BCUT2D eigenvalue weighted by Crippen LogP contribution is 2.34. The third-order valence-corrected chi connectivity index (χ3v) is 5.64. The lowest BCUT2D eigenvalue weighted by molar-refractivity contribution is -0.117. The number of nitrogens with one attached hydrogen (secondary N) is 2. The second kappa shape index (κ2) is 7.95. The van der Waals surface area contributed by atoms with E-state index in [4.69, 9.17) is 0 Å². The van der Waals surface area contributed by atoms with Crippen LogP contribution in [-0.4, -0.2) is 21.1 Å². The van der Waals surface area contributed by atoms with Crippen molar-refractivity contribution in [2.24, 2.45) is 0 Å². The Balaban J connectivity index is 1.43. The number of benzene rings is 3. The van der Waals surface area contributed by atoms with Crippen molar-refractivity contribution in [3.8, 4) is 22.8 Å². The number of H-pyrrole nitrogens is 1. The number of aromatic amines is 1. The summed E-state index contributed by atoms with van der Waals surface area (Å²) in [7, 11) is 0. The summed E-state index contributed by atoms with van der Waals surface area (Å²) >= 11 is 0. The molecule has 0 saturated carbocycles. The van der Waals surface area contributed by atoms with E-state index in [1.807, 2.05) is 66.7 Å². The van der Waals surface area contributed by atoms with E-state index < -0.39 is 0 Å². The summed E-state index contributed by atoms with van der Waals surface area (Å²) in [6.07, 6.45) is 2.93. The van der Waals surface area contributed by atoms with Crippen molar-refractivity contribution < 1.29 is 4.79 Å². The molecular weight excluding hydrogens is 372 g/mol. The zero-order valence-electron chi connectivity index (χ0n) is 16.5. The average Bonchev–Trinajstić information content (AvgIpc) is 3.30. The number of carbonyl (C=O) groups excluding carboxylic acids is 1. The van der Waals surface area contributed by atoms with Crippen molar-refractivity contribution in [2.45, 2.75) is 25.2 Å². The predicted molar refractivity (Wildman–Crippen MR) is 118 cm³/mol. The minimum atomic E-state index is -0.127. The molecule has 1 aliphatic rings. The van der Waals surface area contributed by atoms with Crippen molar-refractivity contribution in [1.29, 1.82) is 0 Å². The van der Waals surface area contributed by atoms with Crippen LogP contribution in [0, 0.1) is 0 Å². The van der Waals surface area contributed by atoms with Crippen LogP contribution in [0.4, 0.5) is 5.69 Å². The number of hydrogen-bond donors (Lipinski definition) is 2. The molecule has 0 spiro atoms. The molecule has 0 fully saturated rings. The highest BCUT2D eigenvalue weighted by atomic mass is 16.1. The van der Waals surface area contributed by atoms with Crippen molar-refractivity contribution in [1.82, 2.24) is 15.2 Å². The summed E-state index contributed by atoms with van der Waals surface area (Å²) in [5, 5.41) is 10.5. The van der Waals surface area contributed by atoms with E-state index in [-0.39, 0.29) is 11.8 Å². The number of rotatable bonds is 4. The molecule has 1 aliphatic carbocycles. The first-order valence-electron chi connectivity index (χ1n) is 10.3. The molecule has 2 N–H and O–H groups in total. The number of para-hydroxylation sites is 1.